The number of nitrogens with zero attached hydrogens (tertiary/aromatic N) is 2. The second-order valence-corrected chi connectivity index (χ2v) is 14.8. The van der Waals surface area contributed by atoms with Crippen LogP contribution in [0.5, 0.6) is 0 Å². The number of anilines is 3. The first-order valence-corrected chi connectivity index (χ1v) is 19.3. The van der Waals surface area contributed by atoms with Crippen molar-refractivity contribution in [2.24, 2.45) is 0 Å². The summed E-state index contributed by atoms with van der Waals surface area (Å²) in [4.78, 5) is 43.6. The topological polar surface area (TPSA) is 176 Å². The van der Waals surface area contributed by atoms with E-state index >= 15 is 8.78 Å². The van der Waals surface area contributed by atoms with Crippen molar-refractivity contribution in [3.05, 3.63) is 119 Å². The fraction of sp³-hybridized carbons (Fsp3) is 0.282. The van der Waals surface area contributed by atoms with Gasteiger partial charge < -0.3 is 20.7 Å². The molecule has 1 atom stereocenters. The minimum absolute atomic E-state index is 0.0651. The molecule has 0 aliphatic heterocycles. The van der Waals surface area contributed by atoms with Gasteiger partial charge in [0.15, 0.2) is 0 Å². The second kappa shape index (κ2) is 17.0. The van der Waals surface area contributed by atoms with Crippen LogP contribution in [0.1, 0.15) is 71.0 Å². The lowest BCUT2D eigenvalue weighted by Crippen LogP contribution is -2.45. The molecule has 1 aliphatic carbocycles. The lowest BCUT2D eigenvalue weighted by molar-refractivity contribution is -0.152. The van der Waals surface area contributed by atoms with Crippen molar-refractivity contribution in [3.63, 3.8) is 0 Å². The third kappa shape index (κ3) is 9.38. The highest BCUT2D eigenvalue weighted by Crippen LogP contribution is 2.25. The Hall–Kier alpha value is -6.03. The van der Waals surface area contributed by atoms with E-state index in [-0.39, 0.29) is 23.3 Å². The fourth-order valence-corrected chi connectivity index (χ4v) is 7.27. The Morgan fingerprint density at radius 1 is 0.927 bits per heavy atom. The first-order chi connectivity index (χ1) is 26.4. The van der Waals surface area contributed by atoms with Crippen LogP contribution in [0, 0.1) is 11.6 Å². The van der Waals surface area contributed by atoms with Crippen LogP contribution < -0.4 is 20.7 Å². The molecule has 6 rings (SSSR count). The maximum atomic E-state index is 15.4. The van der Waals surface area contributed by atoms with E-state index in [0.717, 1.165) is 31.4 Å². The molecule has 16 heteroatoms. The molecule has 1 aliphatic rings. The van der Waals surface area contributed by atoms with Gasteiger partial charge in [0.05, 0.1) is 39.3 Å². The highest BCUT2D eigenvalue weighted by atomic mass is 32.2. The maximum absolute atomic E-state index is 15.4. The van der Waals surface area contributed by atoms with Crippen LogP contribution >= 0.6 is 0 Å². The van der Waals surface area contributed by atoms with E-state index in [0.29, 0.717) is 53.2 Å². The standard InChI is InChI=1S/C39H41F2N7O6S/c1-3-25-23-48(46-25)27-13-15-29(16-14-27)55(52,53)47-34-21-32(40)31(20-33(34)41)38(50)45-35(39(51)54-28-7-5-4-6-8-28)19-24-9-11-26(12-10-24)44-37(49)30-17-18-43-22-36(30)42-2/h9-18,20-23,28,35,42,46-47H,3-8,19H2,1-2H3,(H,44,49)(H,45,50)/t35-/m0/s1. The molecule has 13 nitrogen and oxygen atoms in total. The quantitative estimate of drug-likeness (QED) is 0.0811. The number of carbonyl (C=O) groups is 3. The van der Waals surface area contributed by atoms with E-state index < -0.39 is 50.8 Å². The molecular formula is C39H41F2N7O6S. The zero-order chi connectivity index (χ0) is 39.1. The number of esters is 1. The van der Waals surface area contributed by atoms with E-state index in [9.17, 15) is 22.8 Å². The van der Waals surface area contributed by atoms with E-state index in [1.165, 1.54) is 24.5 Å². The molecule has 3 aromatic carbocycles. The smallest absolute Gasteiger partial charge is 0.329 e. The molecule has 0 unspecified atom stereocenters. The number of amides is 2. The Balaban J connectivity index is 1.15. The molecule has 2 aromatic heterocycles. The first kappa shape index (κ1) is 38.7. The van der Waals surface area contributed by atoms with Crippen molar-refractivity contribution in [2.45, 2.75) is 68.9 Å². The summed E-state index contributed by atoms with van der Waals surface area (Å²) in [6.07, 6.45) is 9.43. The molecule has 2 amide bonds. The maximum Gasteiger partial charge on any atom is 0.329 e. The Labute approximate surface area is 316 Å². The lowest BCUT2D eigenvalue weighted by atomic mass is 9.97. The van der Waals surface area contributed by atoms with Crippen LogP contribution in [-0.4, -0.2) is 60.2 Å². The van der Waals surface area contributed by atoms with Crippen LogP contribution in [0.25, 0.3) is 5.69 Å². The van der Waals surface area contributed by atoms with Gasteiger partial charge in [-0.3, -0.25) is 29.1 Å². The number of sulfonamides is 1. The van der Waals surface area contributed by atoms with Gasteiger partial charge in [0.2, 0.25) is 0 Å². The van der Waals surface area contributed by atoms with Crippen molar-refractivity contribution >= 4 is 44.9 Å². The first-order valence-electron chi connectivity index (χ1n) is 17.9. The molecule has 288 valence electrons. The number of pyridine rings is 1. The molecule has 0 radical (unpaired) electrons. The van der Waals surface area contributed by atoms with Gasteiger partial charge in [-0.05, 0) is 86.2 Å². The van der Waals surface area contributed by atoms with Crippen LogP contribution in [-0.2, 0) is 32.4 Å². The molecule has 0 bridgehead atoms. The fourth-order valence-electron chi connectivity index (χ4n) is 6.21. The summed E-state index contributed by atoms with van der Waals surface area (Å²) in [5.74, 6) is -4.64. The van der Waals surface area contributed by atoms with Crippen molar-refractivity contribution in [2.75, 3.05) is 22.4 Å². The van der Waals surface area contributed by atoms with Crippen LogP contribution in [0.15, 0.2) is 90.2 Å². The van der Waals surface area contributed by atoms with Crippen LogP contribution in [0.4, 0.5) is 25.8 Å². The van der Waals surface area contributed by atoms with Crippen LogP contribution in [0.3, 0.4) is 0 Å². The third-order valence-electron chi connectivity index (χ3n) is 9.31. The zero-order valence-electron chi connectivity index (χ0n) is 30.2. The lowest BCUT2D eigenvalue weighted by Gasteiger charge is -2.25. The zero-order valence-corrected chi connectivity index (χ0v) is 31.0. The Morgan fingerprint density at radius 3 is 2.31 bits per heavy atom. The highest BCUT2D eigenvalue weighted by Gasteiger charge is 2.29. The van der Waals surface area contributed by atoms with Gasteiger partial charge in [0.25, 0.3) is 21.8 Å². The Morgan fingerprint density at radius 2 is 1.64 bits per heavy atom. The Bertz CT molecular complexity index is 2260. The van der Waals surface area contributed by atoms with Gasteiger partial charge >= 0.3 is 5.97 Å². The number of hydrogen-bond acceptors (Lipinski definition) is 8. The highest BCUT2D eigenvalue weighted by molar-refractivity contribution is 7.92. The summed E-state index contributed by atoms with van der Waals surface area (Å²) >= 11 is 0. The molecule has 1 fully saturated rings. The number of H-pyrrole nitrogens is 1. The van der Waals surface area contributed by atoms with Crippen molar-refractivity contribution in [1.29, 1.82) is 0 Å². The number of hydrogen-bond donors (Lipinski definition) is 5. The molecular weight excluding hydrogens is 733 g/mol. The van der Waals surface area contributed by atoms with E-state index in [4.69, 9.17) is 4.74 Å². The molecule has 0 spiro atoms. The predicted molar refractivity (Wildman–Crippen MR) is 203 cm³/mol. The summed E-state index contributed by atoms with van der Waals surface area (Å²) in [6.45, 7) is 1.99. The molecule has 55 heavy (non-hydrogen) atoms. The summed E-state index contributed by atoms with van der Waals surface area (Å²) in [5, 5.41) is 11.3. The molecule has 5 aromatic rings. The van der Waals surface area contributed by atoms with Gasteiger partial charge in [-0.15, -0.1) is 0 Å². The van der Waals surface area contributed by atoms with E-state index in [1.54, 1.807) is 54.2 Å². The second-order valence-electron chi connectivity index (χ2n) is 13.2. The summed E-state index contributed by atoms with van der Waals surface area (Å²) in [7, 11) is -2.66. The van der Waals surface area contributed by atoms with Gasteiger partial charge in [-0.25, -0.2) is 22.0 Å². The van der Waals surface area contributed by atoms with E-state index in [1.807, 2.05) is 17.8 Å². The van der Waals surface area contributed by atoms with Crippen molar-refractivity contribution in [1.82, 2.24) is 20.1 Å². The van der Waals surface area contributed by atoms with Crippen LogP contribution in [0.2, 0.25) is 0 Å². The van der Waals surface area contributed by atoms with Crippen molar-refractivity contribution in [3.8, 4) is 5.69 Å². The number of ether oxygens (including phenoxy) is 1. The normalized spacial score (nSPS) is 13.8. The van der Waals surface area contributed by atoms with Gasteiger partial charge in [0.1, 0.15) is 23.8 Å². The van der Waals surface area contributed by atoms with Crippen molar-refractivity contribution < 1.29 is 36.3 Å². The Kier molecular flexibility index (Phi) is 11.9. The number of aryl methyl sites for hydroxylation is 1. The SMILES string of the molecule is CCc1cn(-c2ccc(S(=O)(=O)Nc3cc(F)c(C(=O)N[C@@H](Cc4ccc(NC(=O)c5ccncc5NC)cc4)C(=O)OC4CCCCC4)cc3F)cc2)[nH]1. The van der Waals surface area contributed by atoms with Gasteiger partial charge in [-0.2, -0.15) is 0 Å². The largest absolute Gasteiger partial charge is 0.461 e. The number of nitrogens with one attached hydrogen (secondary N) is 5. The summed E-state index contributed by atoms with van der Waals surface area (Å²) in [5.41, 5.74) is 2.23. The number of aromatic nitrogens is 3. The number of halogens is 2. The molecule has 2 heterocycles. The van der Waals surface area contributed by atoms with E-state index in [2.05, 4.69) is 26.0 Å². The summed E-state index contributed by atoms with van der Waals surface area (Å²) in [6, 6.07) is 13.8. The molecule has 5 N–H and O–H groups in total. The number of rotatable bonds is 14. The third-order valence-corrected chi connectivity index (χ3v) is 10.7. The monoisotopic (exact) mass is 773 g/mol. The summed E-state index contributed by atoms with van der Waals surface area (Å²) < 4.78 is 66.4. The average Bonchev–Trinajstić information content (AvgIpc) is 3.16. The van der Waals surface area contributed by atoms with Gasteiger partial charge in [-0.1, -0.05) is 25.5 Å². The number of carbonyl (C=O) groups excluding carboxylic acids is 3. The predicted octanol–water partition coefficient (Wildman–Crippen LogP) is 6.35. The minimum Gasteiger partial charge on any atom is -0.461 e. The van der Waals surface area contributed by atoms with Gasteiger partial charge in [0, 0.05) is 43.3 Å². The number of aromatic amines is 1. The number of benzene rings is 3. The molecule has 1 saturated carbocycles. The minimum atomic E-state index is -4.34. The molecule has 0 saturated heterocycles. The average molecular weight is 774 g/mol.